The molecule has 8 heteroatoms. The minimum absolute atomic E-state index is 0.140. The topological polar surface area (TPSA) is 76.3 Å². The molecule has 0 radical (unpaired) electrons. The Morgan fingerprint density at radius 1 is 1.17 bits per heavy atom. The van der Waals surface area contributed by atoms with Crippen LogP contribution >= 0.6 is 11.3 Å². The molecule has 3 atom stereocenters. The predicted molar refractivity (Wildman–Crippen MR) is 112 cm³/mol. The van der Waals surface area contributed by atoms with Crippen molar-refractivity contribution in [3.63, 3.8) is 0 Å². The fraction of sp³-hybridized carbons (Fsp3) is 0.476. The maximum absolute atomic E-state index is 10.5. The van der Waals surface area contributed by atoms with Gasteiger partial charge in [-0.1, -0.05) is 16.4 Å². The van der Waals surface area contributed by atoms with Crippen LogP contribution in [0.1, 0.15) is 39.5 Å². The Kier molecular flexibility index (Phi) is 4.18. The van der Waals surface area contributed by atoms with Gasteiger partial charge in [-0.3, -0.25) is 4.90 Å². The van der Waals surface area contributed by atoms with Gasteiger partial charge in [0.1, 0.15) is 11.9 Å². The Morgan fingerprint density at radius 2 is 1.93 bits per heavy atom. The summed E-state index contributed by atoms with van der Waals surface area (Å²) in [5, 5.41) is 20.2. The highest BCUT2D eigenvalue weighted by molar-refractivity contribution is 7.16. The number of imidazole rings is 1. The zero-order valence-electron chi connectivity index (χ0n) is 16.9. The summed E-state index contributed by atoms with van der Waals surface area (Å²) >= 11 is 1.38. The first-order chi connectivity index (χ1) is 13.9. The highest BCUT2D eigenvalue weighted by Gasteiger charge is 2.54. The molecule has 2 aliphatic rings. The standard InChI is InChI=1S/C21H25N5O2S/c1-20-6-7-21(2,25(20)3)12-15(11-20)28-19-24-23-18(29-19)16-5-4-14(10-17(16)27)26-9-8-22-13-26/h4-5,8-10,13,15,27H,6-7,11-12H2,1-3H3/t15?,20-,21+. The molecule has 152 valence electrons. The minimum atomic E-state index is 0.140. The molecule has 0 spiro atoms. The first-order valence-electron chi connectivity index (χ1n) is 9.92. The van der Waals surface area contributed by atoms with Gasteiger partial charge in [-0.2, -0.15) is 0 Å². The lowest BCUT2D eigenvalue weighted by molar-refractivity contribution is -0.0252. The van der Waals surface area contributed by atoms with E-state index in [1.165, 1.54) is 24.2 Å². The van der Waals surface area contributed by atoms with Crippen molar-refractivity contribution in [1.29, 1.82) is 0 Å². The van der Waals surface area contributed by atoms with Crippen LogP contribution < -0.4 is 4.74 Å². The number of aromatic hydroxyl groups is 1. The first-order valence-corrected chi connectivity index (χ1v) is 10.7. The van der Waals surface area contributed by atoms with Gasteiger partial charge in [0.25, 0.3) is 5.19 Å². The monoisotopic (exact) mass is 411 g/mol. The number of aromatic nitrogens is 4. The largest absolute Gasteiger partial charge is 0.507 e. The van der Waals surface area contributed by atoms with Gasteiger partial charge in [-0.25, -0.2) is 4.98 Å². The van der Waals surface area contributed by atoms with E-state index in [-0.39, 0.29) is 22.9 Å². The molecule has 0 saturated carbocycles. The van der Waals surface area contributed by atoms with E-state index in [9.17, 15) is 5.11 Å². The van der Waals surface area contributed by atoms with Crippen molar-refractivity contribution in [1.82, 2.24) is 24.6 Å². The van der Waals surface area contributed by atoms with E-state index < -0.39 is 0 Å². The molecule has 7 nitrogen and oxygen atoms in total. The highest BCUT2D eigenvalue weighted by atomic mass is 32.1. The summed E-state index contributed by atoms with van der Waals surface area (Å²) in [6.07, 6.45) is 9.79. The van der Waals surface area contributed by atoms with Gasteiger partial charge in [0.05, 0.1) is 17.6 Å². The van der Waals surface area contributed by atoms with Gasteiger partial charge >= 0.3 is 0 Å². The number of rotatable bonds is 4. The van der Waals surface area contributed by atoms with Crippen molar-refractivity contribution in [2.75, 3.05) is 7.05 Å². The molecule has 29 heavy (non-hydrogen) atoms. The first kappa shape index (κ1) is 18.6. The van der Waals surface area contributed by atoms with Crippen LogP contribution in [0.5, 0.6) is 10.9 Å². The second-order valence-corrected chi connectivity index (χ2v) is 9.69. The predicted octanol–water partition coefficient (Wildman–Crippen LogP) is 3.88. The maximum atomic E-state index is 10.5. The van der Waals surface area contributed by atoms with E-state index in [2.05, 4.69) is 41.0 Å². The SMILES string of the molecule is CN1[C@@]2(C)CC[C@]1(C)CC(Oc1nnc(-c3ccc(-n4ccnc4)cc3O)s1)C2. The number of phenolic OH excluding ortho intramolecular Hbond substituents is 1. The lowest BCUT2D eigenvalue weighted by atomic mass is 9.84. The summed E-state index contributed by atoms with van der Waals surface area (Å²) in [4.78, 5) is 6.57. The Balaban J connectivity index is 1.34. The highest BCUT2D eigenvalue weighted by Crippen LogP contribution is 2.50. The molecule has 2 fully saturated rings. The molecule has 1 unspecified atom stereocenters. The molecule has 5 rings (SSSR count). The van der Waals surface area contributed by atoms with Gasteiger partial charge in [0.2, 0.25) is 0 Å². The van der Waals surface area contributed by atoms with Gasteiger partial charge in [-0.05, 0) is 45.9 Å². The minimum Gasteiger partial charge on any atom is -0.507 e. The average Bonchev–Trinajstić information content (AvgIpc) is 3.39. The number of fused-ring (bicyclic) bond motifs is 2. The molecule has 2 saturated heterocycles. The number of ether oxygens (including phenoxy) is 1. The smallest absolute Gasteiger partial charge is 0.294 e. The van der Waals surface area contributed by atoms with Gasteiger partial charge in [0, 0.05) is 42.4 Å². The second-order valence-electron chi connectivity index (χ2n) is 8.75. The Hall–Kier alpha value is -2.45. The summed E-state index contributed by atoms with van der Waals surface area (Å²) in [5.74, 6) is 0.163. The van der Waals surface area contributed by atoms with Gasteiger partial charge in [0.15, 0.2) is 5.01 Å². The van der Waals surface area contributed by atoms with Crippen LogP contribution in [0.3, 0.4) is 0 Å². The summed E-state index contributed by atoms with van der Waals surface area (Å²) in [6, 6.07) is 5.48. The number of hydrogen-bond acceptors (Lipinski definition) is 7. The van der Waals surface area contributed by atoms with Crippen LogP contribution in [0.4, 0.5) is 0 Å². The van der Waals surface area contributed by atoms with Crippen molar-refractivity contribution in [3.8, 4) is 27.2 Å². The zero-order valence-corrected chi connectivity index (χ0v) is 17.7. The summed E-state index contributed by atoms with van der Waals surface area (Å²) in [5.41, 5.74) is 1.87. The van der Waals surface area contributed by atoms with E-state index in [0.29, 0.717) is 15.8 Å². The molecule has 1 N–H and O–H groups in total. The quantitative estimate of drug-likeness (QED) is 0.702. The molecule has 3 aromatic rings. The molecule has 0 aliphatic carbocycles. The number of benzene rings is 1. The van der Waals surface area contributed by atoms with Crippen LogP contribution in [0.15, 0.2) is 36.9 Å². The Bertz CT molecular complexity index is 1020. The van der Waals surface area contributed by atoms with E-state index in [1.54, 1.807) is 18.6 Å². The third kappa shape index (κ3) is 3.11. The molecule has 2 bridgehead atoms. The van der Waals surface area contributed by atoms with E-state index in [4.69, 9.17) is 4.74 Å². The normalized spacial score (nSPS) is 29.3. The van der Waals surface area contributed by atoms with E-state index >= 15 is 0 Å². The summed E-state index contributed by atoms with van der Waals surface area (Å²) in [7, 11) is 2.24. The van der Waals surface area contributed by atoms with Gasteiger partial charge in [-0.15, -0.1) is 5.10 Å². The van der Waals surface area contributed by atoms with Crippen LogP contribution in [-0.4, -0.2) is 54.0 Å². The van der Waals surface area contributed by atoms with Crippen molar-refractivity contribution in [3.05, 3.63) is 36.9 Å². The van der Waals surface area contributed by atoms with Crippen LogP contribution in [-0.2, 0) is 0 Å². The second kappa shape index (κ2) is 6.53. The molecule has 4 heterocycles. The molecule has 2 aliphatic heterocycles. The van der Waals surface area contributed by atoms with Crippen LogP contribution in [0.2, 0.25) is 0 Å². The van der Waals surface area contributed by atoms with E-state index in [1.807, 2.05) is 22.9 Å². The average molecular weight is 412 g/mol. The molecule has 1 aromatic carbocycles. The number of phenols is 1. The number of piperidine rings is 1. The fourth-order valence-electron chi connectivity index (χ4n) is 4.92. The Labute approximate surface area is 174 Å². The maximum Gasteiger partial charge on any atom is 0.294 e. The van der Waals surface area contributed by atoms with Crippen molar-refractivity contribution in [2.24, 2.45) is 0 Å². The lowest BCUT2D eigenvalue weighted by Crippen LogP contribution is -2.57. The molecule has 2 aromatic heterocycles. The Morgan fingerprint density at radius 3 is 2.59 bits per heavy atom. The zero-order chi connectivity index (χ0) is 20.2. The molecular formula is C21H25N5O2S. The van der Waals surface area contributed by atoms with Crippen LogP contribution in [0.25, 0.3) is 16.3 Å². The van der Waals surface area contributed by atoms with Gasteiger partial charge < -0.3 is 14.4 Å². The summed E-state index contributed by atoms with van der Waals surface area (Å²) in [6.45, 7) is 4.66. The lowest BCUT2D eigenvalue weighted by Gasteiger charge is -2.48. The third-order valence-electron chi connectivity index (χ3n) is 6.84. The van der Waals surface area contributed by atoms with Crippen molar-refractivity contribution >= 4 is 11.3 Å². The van der Waals surface area contributed by atoms with Crippen molar-refractivity contribution in [2.45, 2.75) is 56.7 Å². The number of nitrogens with zero attached hydrogens (tertiary/aromatic N) is 5. The summed E-state index contributed by atoms with van der Waals surface area (Å²) < 4.78 is 8.10. The molecule has 0 amide bonds. The molecular weight excluding hydrogens is 386 g/mol. The van der Waals surface area contributed by atoms with Crippen LogP contribution in [0, 0.1) is 0 Å². The fourth-order valence-corrected chi connectivity index (χ4v) is 5.72. The third-order valence-corrected chi connectivity index (χ3v) is 7.69. The van der Waals surface area contributed by atoms with Crippen molar-refractivity contribution < 1.29 is 9.84 Å². The van der Waals surface area contributed by atoms with E-state index in [0.717, 1.165) is 18.5 Å². The number of hydrogen-bond donors (Lipinski definition) is 1.